The van der Waals surface area contributed by atoms with Crippen molar-refractivity contribution in [3.05, 3.63) is 53.9 Å². The minimum Gasteiger partial charge on any atom is -0.383 e. The fourth-order valence-electron chi connectivity index (χ4n) is 6.34. The quantitative estimate of drug-likeness (QED) is 0.118. The Bertz CT molecular complexity index is 1420. The van der Waals surface area contributed by atoms with Crippen molar-refractivity contribution in [1.82, 2.24) is 45.8 Å². The van der Waals surface area contributed by atoms with E-state index < -0.39 is 0 Å². The molecule has 1 saturated carbocycles. The number of carbonyl (C=O) groups excluding carboxylic acids is 2. The third kappa shape index (κ3) is 12.6. The summed E-state index contributed by atoms with van der Waals surface area (Å²) >= 11 is 0. The Morgan fingerprint density at radius 3 is 2.49 bits per heavy atom. The molecule has 6 N–H and O–H groups in total. The van der Waals surface area contributed by atoms with Crippen molar-refractivity contribution in [3.63, 3.8) is 0 Å². The maximum Gasteiger partial charge on any atom is 0.226 e. The predicted octanol–water partition coefficient (Wildman–Crippen LogP) is 2.69. The molecule has 0 unspecified atom stereocenters. The molecule has 0 radical (unpaired) electrons. The second kappa shape index (κ2) is 19.6. The minimum atomic E-state index is -0.0385. The van der Waals surface area contributed by atoms with Crippen molar-refractivity contribution in [2.24, 2.45) is 0 Å². The summed E-state index contributed by atoms with van der Waals surface area (Å²) in [5.74, 6) is 1.55. The summed E-state index contributed by atoms with van der Waals surface area (Å²) in [4.78, 5) is 38.0. The van der Waals surface area contributed by atoms with E-state index in [1.807, 2.05) is 46.1 Å². The van der Waals surface area contributed by atoms with Gasteiger partial charge in [-0.1, -0.05) is 54.8 Å². The second-order valence-corrected chi connectivity index (χ2v) is 13.0. The van der Waals surface area contributed by atoms with Crippen molar-refractivity contribution in [1.29, 1.82) is 0 Å². The minimum absolute atomic E-state index is 0.0385. The number of nitrogens with one attached hydrogen (secondary N) is 4. The number of aromatic nitrogens is 5. The van der Waals surface area contributed by atoms with Gasteiger partial charge in [-0.3, -0.25) is 14.3 Å². The van der Waals surface area contributed by atoms with Gasteiger partial charge in [0.15, 0.2) is 0 Å². The van der Waals surface area contributed by atoms with Crippen LogP contribution in [0.2, 0.25) is 0 Å². The average Bonchev–Trinajstić information content (AvgIpc) is 3.59. The third-order valence-electron chi connectivity index (χ3n) is 9.14. The molecule has 3 heterocycles. The molecule has 14 nitrogen and oxygen atoms in total. The number of rotatable bonds is 19. The summed E-state index contributed by atoms with van der Waals surface area (Å²) in [5, 5.41) is 21.9. The highest BCUT2D eigenvalue weighted by Gasteiger charge is 2.23. The number of nitrogens with zero attached hydrogens (tertiary/aromatic N) is 7. The lowest BCUT2D eigenvalue weighted by Gasteiger charge is -2.35. The Labute approximate surface area is 290 Å². The van der Waals surface area contributed by atoms with E-state index in [0.29, 0.717) is 70.3 Å². The predicted molar refractivity (Wildman–Crippen MR) is 192 cm³/mol. The number of anilines is 3. The van der Waals surface area contributed by atoms with E-state index in [1.165, 1.54) is 32.1 Å². The van der Waals surface area contributed by atoms with Crippen LogP contribution < -0.4 is 31.9 Å². The lowest BCUT2D eigenvalue weighted by molar-refractivity contribution is -0.131. The number of carbonyl (C=O) groups is 2. The van der Waals surface area contributed by atoms with Crippen LogP contribution in [0.3, 0.4) is 0 Å². The van der Waals surface area contributed by atoms with E-state index in [1.54, 1.807) is 6.07 Å². The van der Waals surface area contributed by atoms with E-state index in [-0.39, 0.29) is 11.8 Å². The monoisotopic (exact) mass is 674 g/mol. The van der Waals surface area contributed by atoms with Gasteiger partial charge >= 0.3 is 0 Å². The Balaban J connectivity index is 0.943. The smallest absolute Gasteiger partial charge is 0.226 e. The molecule has 0 atom stereocenters. The highest BCUT2D eigenvalue weighted by Crippen LogP contribution is 2.20. The highest BCUT2D eigenvalue weighted by molar-refractivity contribution is 5.79. The normalized spacial score (nSPS) is 15.3. The molecule has 3 aromatic rings. The van der Waals surface area contributed by atoms with Crippen LogP contribution >= 0.6 is 0 Å². The summed E-state index contributed by atoms with van der Waals surface area (Å²) in [5.41, 5.74) is 7.99. The molecular weight excluding hydrogens is 620 g/mol. The van der Waals surface area contributed by atoms with Crippen molar-refractivity contribution >= 4 is 29.4 Å². The lowest BCUT2D eigenvalue weighted by Crippen LogP contribution is -2.49. The highest BCUT2D eigenvalue weighted by atomic mass is 16.2. The zero-order chi connectivity index (χ0) is 34.1. The summed E-state index contributed by atoms with van der Waals surface area (Å²) < 4.78 is 1.87. The molecule has 2 amide bonds. The van der Waals surface area contributed by atoms with Crippen LogP contribution in [-0.4, -0.2) is 93.5 Å². The summed E-state index contributed by atoms with van der Waals surface area (Å²) in [6.07, 6.45) is 12.1. The Kier molecular flexibility index (Phi) is 14.4. The molecule has 14 heteroatoms. The first-order valence-corrected chi connectivity index (χ1v) is 18.1. The average molecular weight is 675 g/mol. The summed E-state index contributed by atoms with van der Waals surface area (Å²) in [7, 11) is 0. The largest absolute Gasteiger partial charge is 0.383 e. The van der Waals surface area contributed by atoms with Gasteiger partial charge in [0.25, 0.3) is 0 Å². The third-order valence-corrected chi connectivity index (χ3v) is 9.14. The number of nitrogens with two attached hydrogens (primary N) is 1. The van der Waals surface area contributed by atoms with E-state index in [4.69, 9.17) is 5.73 Å². The van der Waals surface area contributed by atoms with Crippen molar-refractivity contribution in [2.45, 2.75) is 89.9 Å². The number of hydrogen-bond acceptors (Lipinski definition) is 11. The van der Waals surface area contributed by atoms with Gasteiger partial charge in [0.2, 0.25) is 17.8 Å². The van der Waals surface area contributed by atoms with Crippen LogP contribution in [0, 0.1) is 0 Å². The van der Waals surface area contributed by atoms with Gasteiger partial charge in [-0.05, 0) is 57.3 Å². The van der Waals surface area contributed by atoms with Gasteiger partial charge in [0.1, 0.15) is 17.3 Å². The van der Waals surface area contributed by atoms with Crippen molar-refractivity contribution in [2.75, 3.05) is 61.8 Å². The maximum absolute atomic E-state index is 12.8. The fraction of sp³-hybridized carbons (Fsp3) is 0.600. The molecule has 0 spiro atoms. The standard InChI is InChI=1S/C35H54N12O2/c36-31-24-32(45-20-22-46(23-21-45)34(49)15-7-14-33(48)39-25-28-10-3-1-4-11-28)42-35(41-31)40-26-30-27-47(44-43-30)19-9-17-37-16-8-18-38-29-12-5-2-6-13-29/h1,3-4,10-11,24,27,29,37-38H,2,5-9,12-23,25-26H2,(H,39,48)(H3,36,40,41,42). The SMILES string of the molecule is Nc1cc(N2CCN(C(=O)CCCC(=O)NCc3ccccc3)CC2)nc(NCc2cn(CCCNCCCNC3CCCCC3)nn2)n1. The van der Waals surface area contributed by atoms with Gasteiger partial charge in [-0.15, -0.1) is 5.10 Å². The number of nitrogen functional groups attached to an aromatic ring is 1. The van der Waals surface area contributed by atoms with Crippen LogP contribution in [0.4, 0.5) is 17.6 Å². The number of benzene rings is 1. The molecule has 2 aromatic heterocycles. The topological polar surface area (TPSA) is 171 Å². The van der Waals surface area contributed by atoms with Crippen molar-refractivity contribution < 1.29 is 9.59 Å². The Morgan fingerprint density at radius 2 is 1.67 bits per heavy atom. The van der Waals surface area contributed by atoms with Crippen LogP contribution in [0.15, 0.2) is 42.6 Å². The first-order chi connectivity index (χ1) is 24.0. The Hall–Kier alpha value is -4.30. The number of hydrogen-bond donors (Lipinski definition) is 5. The van der Waals surface area contributed by atoms with E-state index in [0.717, 1.165) is 62.1 Å². The van der Waals surface area contributed by atoms with E-state index in [9.17, 15) is 9.59 Å². The van der Waals surface area contributed by atoms with Gasteiger partial charge in [-0.25, -0.2) is 0 Å². The zero-order valence-electron chi connectivity index (χ0n) is 28.8. The number of piperazine rings is 1. The van der Waals surface area contributed by atoms with Gasteiger partial charge in [0, 0.05) is 64.2 Å². The fourth-order valence-corrected chi connectivity index (χ4v) is 6.34. The summed E-state index contributed by atoms with van der Waals surface area (Å²) in [6.45, 7) is 7.25. The lowest BCUT2D eigenvalue weighted by atomic mass is 9.95. The molecule has 2 aliphatic rings. The van der Waals surface area contributed by atoms with Crippen LogP contribution in [0.1, 0.15) is 75.5 Å². The van der Waals surface area contributed by atoms with Gasteiger partial charge in [0.05, 0.1) is 12.7 Å². The van der Waals surface area contributed by atoms with Crippen LogP contribution in [0.25, 0.3) is 0 Å². The first kappa shape index (κ1) is 36.0. The molecule has 2 fully saturated rings. The summed E-state index contributed by atoms with van der Waals surface area (Å²) in [6, 6.07) is 12.3. The van der Waals surface area contributed by atoms with Crippen molar-refractivity contribution in [3.8, 4) is 0 Å². The van der Waals surface area contributed by atoms with E-state index in [2.05, 4.69) is 46.4 Å². The molecule has 1 aliphatic heterocycles. The maximum atomic E-state index is 12.8. The molecule has 5 rings (SSSR count). The van der Waals surface area contributed by atoms with Gasteiger partial charge < -0.3 is 36.8 Å². The van der Waals surface area contributed by atoms with E-state index >= 15 is 0 Å². The molecular formula is C35H54N12O2. The molecule has 1 aliphatic carbocycles. The molecule has 0 bridgehead atoms. The zero-order valence-corrected chi connectivity index (χ0v) is 28.8. The van der Waals surface area contributed by atoms with Gasteiger partial charge in [-0.2, -0.15) is 9.97 Å². The molecule has 49 heavy (non-hydrogen) atoms. The first-order valence-electron chi connectivity index (χ1n) is 18.1. The second-order valence-electron chi connectivity index (χ2n) is 13.0. The molecule has 1 aromatic carbocycles. The number of aryl methyl sites for hydroxylation is 1. The number of amides is 2. The molecule has 1 saturated heterocycles. The van der Waals surface area contributed by atoms with Crippen LogP contribution in [0.5, 0.6) is 0 Å². The Morgan fingerprint density at radius 1 is 0.878 bits per heavy atom. The van der Waals surface area contributed by atoms with Crippen LogP contribution in [-0.2, 0) is 29.2 Å². The molecule has 266 valence electrons.